The molecule has 3 heterocycles. The van der Waals surface area contributed by atoms with Crippen molar-refractivity contribution in [1.82, 2.24) is 14.9 Å². The van der Waals surface area contributed by atoms with Crippen LogP contribution in [0.5, 0.6) is 17.5 Å². The van der Waals surface area contributed by atoms with E-state index in [9.17, 15) is 9.18 Å². The van der Waals surface area contributed by atoms with Crippen molar-refractivity contribution >= 4 is 21.6 Å². The first-order valence-corrected chi connectivity index (χ1v) is 15.3. The lowest BCUT2D eigenvalue weighted by molar-refractivity contribution is 0.0773. The van der Waals surface area contributed by atoms with E-state index in [1.165, 1.54) is 12.4 Å². The van der Waals surface area contributed by atoms with Crippen molar-refractivity contribution in [3.05, 3.63) is 83.8 Å². The molecule has 0 aliphatic carbocycles. The van der Waals surface area contributed by atoms with Gasteiger partial charge >= 0.3 is 0 Å². The van der Waals surface area contributed by atoms with E-state index >= 15 is 0 Å². The fourth-order valence-corrected chi connectivity index (χ4v) is 5.75. The summed E-state index contributed by atoms with van der Waals surface area (Å²) in [5, 5.41) is 2.04. The van der Waals surface area contributed by atoms with Gasteiger partial charge in [-0.15, -0.1) is 0 Å². The molecular formula is C32H34FN3O4S. The maximum Gasteiger partial charge on any atom is 0.229 e. The Hall–Kier alpha value is -3.82. The first kappa shape index (κ1) is 28.7. The first-order chi connectivity index (χ1) is 19.8. The van der Waals surface area contributed by atoms with Gasteiger partial charge in [0.2, 0.25) is 11.8 Å². The second-order valence-corrected chi connectivity index (χ2v) is 12.1. The molecule has 1 fully saturated rings. The van der Waals surface area contributed by atoms with Gasteiger partial charge in [-0.05, 0) is 63.6 Å². The van der Waals surface area contributed by atoms with E-state index in [-0.39, 0.29) is 34.0 Å². The molecule has 9 heteroatoms. The van der Waals surface area contributed by atoms with Crippen LogP contribution < -0.4 is 9.47 Å². The van der Waals surface area contributed by atoms with E-state index in [2.05, 4.69) is 14.9 Å². The fraction of sp³-hybridized carbons (Fsp3) is 0.312. The minimum absolute atomic E-state index is 0.0472. The molecular weight excluding hydrogens is 541 g/mol. The number of piperidine rings is 1. The summed E-state index contributed by atoms with van der Waals surface area (Å²) < 4.78 is 32.4. The third-order valence-corrected chi connectivity index (χ3v) is 9.05. The van der Waals surface area contributed by atoms with Gasteiger partial charge < -0.3 is 13.9 Å². The molecule has 0 N–H and O–H groups in total. The van der Waals surface area contributed by atoms with Gasteiger partial charge in [0.05, 0.1) is 23.9 Å². The second-order valence-electron chi connectivity index (χ2n) is 10.1. The summed E-state index contributed by atoms with van der Waals surface area (Å²) in [6.07, 6.45) is 6.48. The Kier molecular flexibility index (Phi) is 8.95. The molecule has 1 aliphatic rings. The standard InChI is InChI=1S/C32H34FN3O4S/c1-5-41(4)25-11-12-29(27(33)17-25)40-32-21(2)31(34-20-35-32)39-24-13-15-36(16-14-24)18-28(37)30-22(3)38-19-26(30)23-9-7-6-8-10-23/h5-12,17,19-20,24H,13-16,18H2,1-4H3. The molecule has 0 saturated carbocycles. The molecule has 4 aromatic rings. The largest absolute Gasteiger partial charge is 0.474 e. The van der Waals surface area contributed by atoms with Gasteiger partial charge in [-0.25, -0.2) is 14.4 Å². The van der Waals surface area contributed by atoms with Crippen LogP contribution in [0.25, 0.3) is 11.1 Å². The molecule has 0 spiro atoms. The molecule has 1 atom stereocenters. The number of carbonyl (C=O) groups is 1. The highest BCUT2D eigenvalue weighted by Gasteiger charge is 2.26. The molecule has 0 bridgehead atoms. The molecule has 7 nitrogen and oxygen atoms in total. The number of halogens is 1. The van der Waals surface area contributed by atoms with Crippen molar-refractivity contribution in [2.45, 2.75) is 44.6 Å². The summed E-state index contributed by atoms with van der Waals surface area (Å²) in [6, 6.07) is 14.8. The summed E-state index contributed by atoms with van der Waals surface area (Å²) in [4.78, 5) is 24.9. The molecule has 0 radical (unpaired) electrons. The van der Waals surface area contributed by atoms with Gasteiger partial charge in [0, 0.05) is 23.5 Å². The zero-order valence-electron chi connectivity index (χ0n) is 23.7. The fourth-order valence-electron chi connectivity index (χ4n) is 4.90. The van der Waals surface area contributed by atoms with Crippen LogP contribution in [0.4, 0.5) is 4.39 Å². The lowest BCUT2D eigenvalue weighted by atomic mass is 9.99. The number of aryl methyl sites for hydroxylation is 1. The highest BCUT2D eigenvalue weighted by Crippen LogP contribution is 2.33. The van der Waals surface area contributed by atoms with E-state index in [0.29, 0.717) is 42.4 Å². The number of carbonyl (C=O) groups excluding carboxylic acids is 1. The Bertz CT molecular complexity index is 1560. The Balaban J connectivity index is 1.19. The maximum atomic E-state index is 14.7. The number of ketones is 1. The minimum atomic E-state index is -0.437. The van der Waals surface area contributed by atoms with Crippen LogP contribution in [-0.2, 0) is 0 Å². The number of benzene rings is 2. The predicted molar refractivity (Wildman–Crippen MR) is 160 cm³/mol. The molecule has 2 aromatic carbocycles. The average Bonchev–Trinajstić information content (AvgIpc) is 3.38. The number of hydrogen-bond acceptors (Lipinski definition) is 7. The van der Waals surface area contributed by atoms with Gasteiger partial charge in [0.1, 0.15) is 18.2 Å². The van der Waals surface area contributed by atoms with E-state index in [1.54, 1.807) is 19.3 Å². The molecule has 1 aliphatic heterocycles. The van der Waals surface area contributed by atoms with Gasteiger partial charge in [-0.1, -0.05) is 35.7 Å². The first-order valence-electron chi connectivity index (χ1n) is 13.6. The van der Waals surface area contributed by atoms with E-state index in [0.717, 1.165) is 28.9 Å². The summed E-state index contributed by atoms with van der Waals surface area (Å²) in [5.41, 5.74) is 3.04. The molecule has 41 heavy (non-hydrogen) atoms. The number of aromatic nitrogens is 2. The molecule has 0 amide bonds. The quantitative estimate of drug-likeness (QED) is 0.156. The number of rotatable bonds is 9. The zero-order chi connectivity index (χ0) is 28.9. The van der Waals surface area contributed by atoms with Gasteiger partial charge in [0.25, 0.3) is 0 Å². The molecule has 5 rings (SSSR count). The van der Waals surface area contributed by atoms with Crippen LogP contribution in [0.15, 0.2) is 70.4 Å². The van der Waals surface area contributed by atoms with Crippen LogP contribution in [0.3, 0.4) is 0 Å². The van der Waals surface area contributed by atoms with Crippen LogP contribution in [-0.4, -0.2) is 58.0 Å². The molecule has 2 aromatic heterocycles. The van der Waals surface area contributed by atoms with Crippen molar-refractivity contribution in [3.8, 4) is 28.6 Å². The highest BCUT2D eigenvalue weighted by atomic mass is 32.2. The van der Waals surface area contributed by atoms with Gasteiger partial charge in [-0.3, -0.25) is 9.69 Å². The summed E-state index contributed by atoms with van der Waals surface area (Å²) >= 11 is 0. The maximum absolute atomic E-state index is 14.7. The predicted octanol–water partition coefficient (Wildman–Crippen LogP) is 7.09. The van der Waals surface area contributed by atoms with E-state index < -0.39 is 5.82 Å². The second kappa shape index (κ2) is 12.8. The SMILES string of the molecule is C/C=S(/C)c1ccc(Oc2ncnc(OC3CCN(CC(=O)c4c(-c5ccccc5)coc4C)CC3)c2C)c(F)c1. The van der Waals surface area contributed by atoms with E-state index in [4.69, 9.17) is 13.9 Å². The third kappa shape index (κ3) is 6.57. The van der Waals surface area contributed by atoms with Crippen LogP contribution in [0.2, 0.25) is 0 Å². The zero-order valence-corrected chi connectivity index (χ0v) is 24.5. The Morgan fingerprint density at radius 1 is 1.12 bits per heavy atom. The van der Waals surface area contributed by atoms with Crippen LogP contribution in [0, 0.1) is 19.7 Å². The number of furan rings is 1. The number of nitrogens with zero attached hydrogens (tertiary/aromatic N) is 3. The topological polar surface area (TPSA) is 77.7 Å². The lowest BCUT2D eigenvalue weighted by Crippen LogP contribution is -2.41. The van der Waals surface area contributed by atoms with Crippen molar-refractivity contribution in [1.29, 1.82) is 0 Å². The van der Waals surface area contributed by atoms with Crippen molar-refractivity contribution in [2.75, 3.05) is 25.9 Å². The summed E-state index contributed by atoms with van der Waals surface area (Å²) in [5.74, 6) is 1.02. The van der Waals surface area contributed by atoms with E-state index in [1.807, 2.05) is 61.9 Å². The highest BCUT2D eigenvalue weighted by molar-refractivity contribution is 8.14. The third-order valence-electron chi connectivity index (χ3n) is 7.35. The monoisotopic (exact) mass is 575 g/mol. The number of Topliss-reactive ketones (excluding diaryl/α,β-unsaturated/α-hetero) is 1. The normalized spacial score (nSPS) is 15.1. The van der Waals surface area contributed by atoms with Crippen molar-refractivity contribution in [2.24, 2.45) is 0 Å². The number of ether oxygens (including phenoxy) is 2. The smallest absolute Gasteiger partial charge is 0.229 e. The number of hydrogen-bond donors (Lipinski definition) is 0. The summed E-state index contributed by atoms with van der Waals surface area (Å²) in [7, 11) is -0.135. The van der Waals surface area contributed by atoms with Gasteiger partial charge in [0.15, 0.2) is 17.3 Å². The Morgan fingerprint density at radius 3 is 2.56 bits per heavy atom. The Labute approximate surface area is 242 Å². The number of likely N-dealkylation sites (tertiary alicyclic amines) is 1. The summed E-state index contributed by atoms with van der Waals surface area (Å²) in [6.45, 7) is 7.34. The Morgan fingerprint density at radius 2 is 1.85 bits per heavy atom. The minimum Gasteiger partial charge on any atom is -0.474 e. The van der Waals surface area contributed by atoms with Crippen molar-refractivity contribution < 1.29 is 23.1 Å². The van der Waals surface area contributed by atoms with Crippen LogP contribution >= 0.6 is 10.5 Å². The van der Waals surface area contributed by atoms with Gasteiger partial charge in [-0.2, -0.15) is 10.5 Å². The molecule has 1 unspecified atom stereocenters. The molecule has 214 valence electrons. The van der Waals surface area contributed by atoms with Crippen LogP contribution in [0.1, 0.15) is 41.4 Å². The molecule has 1 saturated heterocycles. The lowest BCUT2D eigenvalue weighted by Gasteiger charge is -2.31. The average molecular weight is 576 g/mol. The van der Waals surface area contributed by atoms with Crippen molar-refractivity contribution in [3.63, 3.8) is 0 Å².